The van der Waals surface area contributed by atoms with Crippen LogP contribution >= 0.6 is 0 Å². The molecule has 23 heavy (non-hydrogen) atoms. The van der Waals surface area contributed by atoms with Gasteiger partial charge < -0.3 is 9.04 Å². The molecule has 1 aliphatic heterocycles. The van der Waals surface area contributed by atoms with Crippen LogP contribution in [0.15, 0.2) is 60.7 Å². The van der Waals surface area contributed by atoms with E-state index in [1.807, 2.05) is 36.4 Å². The third kappa shape index (κ3) is 4.41. The average molecular weight is 331 g/mol. The first-order chi connectivity index (χ1) is 10.9. The Morgan fingerprint density at radius 2 is 1.30 bits per heavy atom. The lowest BCUT2D eigenvalue weighted by molar-refractivity contribution is -0.996. The Hall–Kier alpha value is -1.69. The van der Waals surface area contributed by atoms with E-state index in [1.54, 1.807) is 0 Å². The van der Waals surface area contributed by atoms with Crippen LogP contribution in [0.2, 0.25) is 0 Å². The molecule has 122 valence electrons. The standard InChI is InChI=1S/C18H21NO3S/c20-23(21,22)15-18-13-19(14-18,11-16-7-3-1-4-8-16)12-17-9-5-2-6-10-17/h1-10,18H,11-15H2. The van der Waals surface area contributed by atoms with E-state index in [0.717, 1.165) is 30.7 Å². The molecule has 0 aliphatic carbocycles. The predicted octanol–water partition coefficient (Wildman–Crippen LogP) is 2.38. The van der Waals surface area contributed by atoms with Gasteiger partial charge in [0.2, 0.25) is 0 Å². The first-order valence-corrected chi connectivity index (χ1v) is 9.38. The van der Waals surface area contributed by atoms with Crippen molar-refractivity contribution in [2.45, 2.75) is 13.1 Å². The first-order valence-electron chi connectivity index (χ1n) is 7.81. The summed E-state index contributed by atoms with van der Waals surface area (Å²) in [4.78, 5) is 0. The number of nitrogens with zero attached hydrogens (tertiary/aromatic N) is 1. The second-order valence-electron chi connectivity index (χ2n) is 6.58. The number of hydrogen-bond donors (Lipinski definition) is 0. The van der Waals surface area contributed by atoms with Gasteiger partial charge in [-0.3, -0.25) is 0 Å². The monoisotopic (exact) mass is 331 g/mol. The van der Waals surface area contributed by atoms with Crippen molar-refractivity contribution in [3.63, 3.8) is 0 Å². The van der Waals surface area contributed by atoms with E-state index in [9.17, 15) is 13.0 Å². The predicted molar refractivity (Wildman–Crippen MR) is 88.3 cm³/mol. The summed E-state index contributed by atoms with van der Waals surface area (Å²) in [7, 11) is -4.14. The molecular weight excluding hydrogens is 310 g/mol. The third-order valence-electron chi connectivity index (χ3n) is 4.45. The summed E-state index contributed by atoms with van der Waals surface area (Å²) in [5.41, 5.74) is 2.48. The van der Waals surface area contributed by atoms with Crippen LogP contribution < -0.4 is 0 Å². The van der Waals surface area contributed by atoms with Crippen molar-refractivity contribution in [3.05, 3.63) is 71.8 Å². The highest BCUT2D eigenvalue weighted by Crippen LogP contribution is 2.32. The van der Waals surface area contributed by atoms with Crippen LogP contribution in [0.4, 0.5) is 0 Å². The van der Waals surface area contributed by atoms with Crippen LogP contribution in [0.5, 0.6) is 0 Å². The summed E-state index contributed by atoms with van der Waals surface area (Å²) < 4.78 is 33.8. The molecular formula is C18H21NO3S. The quantitative estimate of drug-likeness (QED) is 0.603. The number of rotatable bonds is 6. The Kier molecular flexibility index (Phi) is 4.53. The van der Waals surface area contributed by atoms with E-state index in [0.29, 0.717) is 0 Å². The molecule has 2 aromatic rings. The Balaban J connectivity index is 1.75. The van der Waals surface area contributed by atoms with Gasteiger partial charge in [-0.15, -0.1) is 0 Å². The van der Waals surface area contributed by atoms with Gasteiger partial charge in [0.05, 0.1) is 34.9 Å². The average Bonchev–Trinajstić information content (AvgIpc) is 2.46. The molecule has 0 atom stereocenters. The lowest BCUT2D eigenvalue weighted by Gasteiger charge is -2.51. The lowest BCUT2D eigenvalue weighted by atomic mass is 9.94. The minimum atomic E-state index is -4.14. The Morgan fingerprint density at radius 3 is 1.70 bits per heavy atom. The molecule has 1 saturated heterocycles. The summed E-state index contributed by atoms with van der Waals surface area (Å²) in [6, 6.07) is 20.5. The van der Waals surface area contributed by atoms with Crippen LogP contribution in [0.3, 0.4) is 0 Å². The molecule has 0 N–H and O–H groups in total. The number of hydrogen-bond acceptors (Lipinski definition) is 3. The maximum atomic E-state index is 11.0. The van der Waals surface area contributed by atoms with Gasteiger partial charge in [0.15, 0.2) is 0 Å². The number of benzene rings is 2. The van der Waals surface area contributed by atoms with Gasteiger partial charge in [0.25, 0.3) is 0 Å². The number of likely N-dealkylation sites (tertiary alicyclic amines) is 1. The Morgan fingerprint density at radius 1 is 0.870 bits per heavy atom. The second kappa shape index (κ2) is 6.43. The number of quaternary nitrogens is 1. The van der Waals surface area contributed by atoms with E-state index < -0.39 is 10.1 Å². The zero-order valence-electron chi connectivity index (χ0n) is 13.0. The molecule has 1 heterocycles. The van der Waals surface area contributed by atoms with Gasteiger partial charge in [-0.25, -0.2) is 8.42 Å². The molecule has 2 aromatic carbocycles. The summed E-state index contributed by atoms with van der Waals surface area (Å²) in [5.74, 6) is -0.263. The highest BCUT2D eigenvalue weighted by molar-refractivity contribution is 7.85. The van der Waals surface area contributed by atoms with Crippen molar-refractivity contribution in [1.82, 2.24) is 0 Å². The van der Waals surface area contributed by atoms with Crippen LogP contribution in [0.25, 0.3) is 0 Å². The highest BCUT2D eigenvalue weighted by Gasteiger charge is 2.44. The van der Waals surface area contributed by atoms with E-state index in [1.165, 1.54) is 11.1 Å². The van der Waals surface area contributed by atoms with Crippen molar-refractivity contribution in [2.75, 3.05) is 18.8 Å². The zero-order valence-corrected chi connectivity index (χ0v) is 13.8. The van der Waals surface area contributed by atoms with E-state index in [2.05, 4.69) is 24.3 Å². The van der Waals surface area contributed by atoms with Gasteiger partial charge in [0, 0.05) is 11.1 Å². The van der Waals surface area contributed by atoms with Gasteiger partial charge in [0.1, 0.15) is 13.1 Å². The molecule has 0 spiro atoms. The van der Waals surface area contributed by atoms with E-state index in [4.69, 9.17) is 0 Å². The van der Waals surface area contributed by atoms with Crippen molar-refractivity contribution in [1.29, 1.82) is 0 Å². The van der Waals surface area contributed by atoms with Gasteiger partial charge in [-0.05, 0) is 0 Å². The molecule has 5 heteroatoms. The summed E-state index contributed by atoms with van der Waals surface area (Å²) in [5, 5.41) is 0. The third-order valence-corrected chi connectivity index (χ3v) is 5.33. The van der Waals surface area contributed by atoms with Gasteiger partial charge in [-0.1, -0.05) is 60.7 Å². The topological polar surface area (TPSA) is 57.2 Å². The van der Waals surface area contributed by atoms with Crippen molar-refractivity contribution in [3.8, 4) is 0 Å². The van der Waals surface area contributed by atoms with Crippen LogP contribution in [-0.4, -0.2) is 36.3 Å². The van der Waals surface area contributed by atoms with Crippen molar-refractivity contribution in [2.24, 2.45) is 5.92 Å². The molecule has 0 aromatic heterocycles. The lowest BCUT2D eigenvalue weighted by Crippen LogP contribution is -2.63. The first kappa shape index (κ1) is 16.2. The fourth-order valence-corrected chi connectivity index (χ4v) is 4.48. The molecule has 0 bridgehead atoms. The summed E-state index contributed by atoms with van der Waals surface area (Å²) >= 11 is 0. The van der Waals surface area contributed by atoms with Gasteiger partial charge in [-0.2, -0.15) is 0 Å². The summed E-state index contributed by atoms with van der Waals surface area (Å²) in [6.45, 7) is 3.22. The Labute approximate surface area is 137 Å². The molecule has 1 aliphatic rings. The molecule has 0 saturated carbocycles. The van der Waals surface area contributed by atoms with Crippen LogP contribution in [-0.2, 0) is 23.2 Å². The maximum absolute atomic E-state index is 11.0. The molecule has 1 fully saturated rings. The molecule has 0 amide bonds. The molecule has 0 radical (unpaired) electrons. The molecule has 3 rings (SSSR count). The van der Waals surface area contributed by atoms with Crippen LogP contribution in [0, 0.1) is 5.92 Å². The Bertz CT molecular complexity index is 695. The second-order valence-corrected chi connectivity index (χ2v) is 8.03. The minimum absolute atomic E-state index is 0.0232. The van der Waals surface area contributed by atoms with Crippen molar-refractivity contribution < 1.29 is 17.5 Å². The largest absolute Gasteiger partial charge is 0.748 e. The minimum Gasteiger partial charge on any atom is -0.748 e. The van der Waals surface area contributed by atoms with Gasteiger partial charge >= 0.3 is 0 Å². The zero-order chi connectivity index (χ0) is 16.3. The molecule has 4 nitrogen and oxygen atoms in total. The highest BCUT2D eigenvalue weighted by atomic mass is 32.2. The maximum Gasteiger partial charge on any atom is 0.105 e. The van der Waals surface area contributed by atoms with E-state index in [-0.39, 0.29) is 11.7 Å². The smallest absolute Gasteiger partial charge is 0.105 e. The fraction of sp³-hybridized carbons (Fsp3) is 0.333. The van der Waals surface area contributed by atoms with Crippen LogP contribution in [0.1, 0.15) is 11.1 Å². The fourth-order valence-electron chi connectivity index (χ4n) is 3.69. The molecule has 0 unspecified atom stereocenters. The normalized spacial score (nSPS) is 17.6. The van der Waals surface area contributed by atoms with E-state index >= 15 is 0 Å². The summed E-state index contributed by atoms with van der Waals surface area (Å²) in [6.07, 6.45) is 0. The SMILES string of the molecule is O=S(=O)([O-])CC1C[N+](Cc2ccccc2)(Cc2ccccc2)C1. The van der Waals surface area contributed by atoms with Crippen molar-refractivity contribution >= 4 is 10.1 Å².